The molecule has 144 valence electrons. The lowest BCUT2D eigenvalue weighted by molar-refractivity contribution is -0.0811. The number of carbonyl (C=O) groups is 1. The summed E-state index contributed by atoms with van der Waals surface area (Å²) in [4.78, 5) is 15.2. The number of ether oxygens (including phenoxy) is 2. The second kappa shape index (κ2) is 7.58. The third kappa shape index (κ3) is 3.85. The number of hydrogen-bond acceptors (Lipinski definition) is 6. The molecule has 2 aromatic rings. The molecule has 1 saturated carbocycles. The summed E-state index contributed by atoms with van der Waals surface area (Å²) in [6.07, 6.45) is 1.60. The van der Waals surface area contributed by atoms with Crippen LogP contribution in [0.5, 0.6) is 5.75 Å². The van der Waals surface area contributed by atoms with E-state index in [0.717, 1.165) is 18.6 Å². The van der Waals surface area contributed by atoms with Crippen LogP contribution < -0.4 is 4.74 Å². The topological polar surface area (TPSA) is 88.9 Å². The molecule has 4 rings (SSSR count). The van der Waals surface area contributed by atoms with Gasteiger partial charge in [-0.1, -0.05) is 17.7 Å². The molecule has 27 heavy (non-hydrogen) atoms. The number of fused-ring (bicyclic) bond motifs is 1. The van der Waals surface area contributed by atoms with Crippen molar-refractivity contribution in [3.05, 3.63) is 45.9 Å². The fourth-order valence-electron chi connectivity index (χ4n) is 4.10. The Labute approximate surface area is 161 Å². The molecule has 6 nitrogen and oxygen atoms in total. The minimum Gasteiger partial charge on any atom is -0.493 e. The maximum Gasteiger partial charge on any atom is 0.355 e. The van der Waals surface area contributed by atoms with E-state index in [1.54, 1.807) is 5.38 Å². The lowest BCUT2D eigenvalue weighted by Crippen LogP contribution is -2.33. The Morgan fingerprint density at radius 1 is 1.33 bits per heavy atom. The fourth-order valence-corrected chi connectivity index (χ4v) is 4.97. The van der Waals surface area contributed by atoms with Crippen molar-refractivity contribution in [2.45, 2.75) is 44.5 Å². The Bertz CT molecular complexity index is 805. The lowest BCUT2D eigenvalue weighted by atomic mass is 9.87. The van der Waals surface area contributed by atoms with Crippen molar-refractivity contribution in [1.82, 2.24) is 4.98 Å². The predicted molar refractivity (Wildman–Crippen MR) is 100 cm³/mol. The summed E-state index contributed by atoms with van der Waals surface area (Å²) < 4.78 is 12.1. The van der Waals surface area contributed by atoms with Crippen molar-refractivity contribution in [2.75, 3.05) is 6.61 Å². The van der Waals surface area contributed by atoms with Crippen LogP contribution in [0.15, 0.2) is 29.6 Å². The average molecular weight is 389 g/mol. The number of thiazole rings is 1. The van der Waals surface area contributed by atoms with Gasteiger partial charge in [-0.05, 0) is 37.8 Å². The van der Waals surface area contributed by atoms with Gasteiger partial charge in [0.15, 0.2) is 5.69 Å². The van der Waals surface area contributed by atoms with Gasteiger partial charge in [-0.15, -0.1) is 11.3 Å². The van der Waals surface area contributed by atoms with E-state index in [2.05, 4.69) is 4.98 Å². The standard InChI is InChI=1S/C20H23NO5S/c1-11-2-4-12(5-3-11)25-9-14-13-6-7-17(26-18(13)8-16(14)22)19-21-15(10-27-19)20(23)24/h2-5,10,13-14,16-18,22H,6-9H2,1H3,(H,23,24)/t13-,14?,16-,17?,18+/m1/s1. The molecule has 1 saturated heterocycles. The highest BCUT2D eigenvalue weighted by Gasteiger charge is 2.47. The van der Waals surface area contributed by atoms with Crippen LogP contribution in [-0.4, -0.2) is 40.0 Å². The molecule has 2 fully saturated rings. The number of carboxylic acid groups (broad SMARTS) is 1. The molecule has 2 heterocycles. The number of aliphatic hydroxyl groups excluding tert-OH is 1. The third-order valence-corrected chi connectivity index (χ3v) is 6.51. The van der Waals surface area contributed by atoms with E-state index in [1.807, 2.05) is 31.2 Å². The Morgan fingerprint density at radius 3 is 2.81 bits per heavy atom. The normalized spacial score (nSPS) is 30.1. The van der Waals surface area contributed by atoms with Crippen LogP contribution in [0.1, 0.15) is 46.4 Å². The highest BCUT2D eigenvalue weighted by Crippen LogP contribution is 2.46. The number of aromatic nitrogens is 1. The van der Waals surface area contributed by atoms with Gasteiger partial charge in [-0.2, -0.15) is 0 Å². The second-order valence-corrected chi connectivity index (χ2v) is 8.26. The first kappa shape index (κ1) is 18.4. The molecule has 5 atom stereocenters. The van der Waals surface area contributed by atoms with E-state index in [9.17, 15) is 9.90 Å². The zero-order valence-corrected chi connectivity index (χ0v) is 15.9. The van der Waals surface area contributed by atoms with Gasteiger partial charge in [-0.3, -0.25) is 0 Å². The average Bonchev–Trinajstić information content (AvgIpc) is 3.25. The van der Waals surface area contributed by atoms with E-state index in [-0.39, 0.29) is 29.7 Å². The summed E-state index contributed by atoms with van der Waals surface area (Å²) >= 11 is 1.32. The van der Waals surface area contributed by atoms with Gasteiger partial charge in [0.2, 0.25) is 0 Å². The quantitative estimate of drug-likeness (QED) is 0.814. The van der Waals surface area contributed by atoms with Crippen LogP contribution in [0.2, 0.25) is 0 Å². The van der Waals surface area contributed by atoms with Crippen LogP contribution in [0, 0.1) is 18.8 Å². The number of rotatable bonds is 5. The molecule has 1 aromatic heterocycles. The molecular weight excluding hydrogens is 366 g/mol. The number of benzene rings is 1. The van der Waals surface area contributed by atoms with Gasteiger partial charge in [0.05, 0.1) is 18.8 Å². The molecule has 2 unspecified atom stereocenters. The van der Waals surface area contributed by atoms with Crippen LogP contribution in [-0.2, 0) is 4.74 Å². The number of aryl methyl sites for hydroxylation is 1. The van der Waals surface area contributed by atoms with Crippen molar-refractivity contribution in [1.29, 1.82) is 0 Å². The molecule has 1 aliphatic heterocycles. The van der Waals surface area contributed by atoms with Gasteiger partial charge in [0.25, 0.3) is 0 Å². The number of nitrogens with zero attached hydrogens (tertiary/aromatic N) is 1. The van der Waals surface area contributed by atoms with Crippen molar-refractivity contribution in [3.8, 4) is 5.75 Å². The van der Waals surface area contributed by atoms with Gasteiger partial charge in [0, 0.05) is 17.7 Å². The number of aromatic carboxylic acids is 1. The molecular formula is C20H23NO5S. The number of aliphatic hydroxyl groups is 1. The molecule has 1 aromatic carbocycles. The Balaban J connectivity index is 1.38. The van der Waals surface area contributed by atoms with Crippen LogP contribution in [0.4, 0.5) is 0 Å². The molecule has 2 N–H and O–H groups in total. The van der Waals surface area contributed by atoms with Gasteiger partial charge < -0.3 is 19.7 Å². The highest BCUT2D eigenvalue weighted by atomic mass is 32.1. The minimum atomic E-state index is -1.02. The van der Waals surface area contributed by atoms with E-state index in [4.69, 9.17) is 14.6 Å². The minimum absolute atomic E-state index is 0.0393. The van der Waals surface area contributed by atoms with Crippen molar-refractivity contribution >= 4 is 17.3 Å². The first-order valence-electron chi connectivity index (χ1n) is 9.23. The largest absolute Gasteiger partial charge is 0.493 e. The molecule has 0 spiro atoms. The zero-order valence-electron chi connectivity index (χ0n) is 15.1. The summed E-state index contributed by atoms with van der Waals surface area (Å²) in [5.74, 6) is 0.0920. The van der Waals surface area contributed by atoms with E-state index in [1.165, 1.54) is 16.9 Å². The van der Waals surface area contributed by atoms with Crippen molar-refractivity contribution < 1.29 is 24.5 Å². The Hall–Kier alpha value is -1.96. The summed E-state index contributed by atoms with van der Waals surface area (Å²) in [7, 11) is 0. The monoisotopic (exact) mass is 389 g/mol. The smallest absolute Gasteiger partial charge is 0.355 e. The molecule has 1 aliphatic carbocycles. The van der Waals surface area contributed by atoms with Crippen LogP contribution in [0.25, 0.3) is 0 Å². The summed E-state index contributed by atoms with van der Waals surface area (Å²) in [6, 6.07) is 7.92. The first-order valence-corrected chi connectivity index (χ1v) is 10.1. The van der Waals surface area contributed by atoms with Gasteiger partial charge in [-0.25, -0.2) is 9.78 Å². The van der Waals surface area contributed by atoms with Gasteiger partial charge >= 0.3 is 5.97 Å². The number of carboxylic acids is 1. The predicted octanol–water partition coefficient (Wildman–Crippen LogP) is 3.45. The molecule has 7 heteroatoms. The van der Waals surface area contributed by atoms with Crippen LogP contribution >= 0.6 is 11.3 Å². The summed E-state index contributed by atoms with van der Waals surface area (Å²) in [5.41, 5.74) is 1.25. The van der Waals surface area contributed by atoms with Gasteiger partial charge in [0.1, 0.15) is 16.9 Å². The molecule has 0 amide bonds. The van der Waals surface area contributed by atoms with Crippen molar-refractivity contribution in [3.63, 3.8) is 0 Å². The van der Waals surface area contributed by atoms with E-state index in [0.29, 0.717) is 18.0 Å². The molecule has 0 radical (unpaired) electrons. The van der Waals surface area contributed by atoms with Crippen molar-refractivity contribution in [2.24, 2.45) is 11.8 Å². The highest BCUT2D eigenvalue weighted by molar-refractivity contribution is 7.09. The lowest BCUT2D eigenvalue weighted by Gasteiger charge is -2.33. The zero-order chi connectivity index (χ0) is 19.0. The van der Waals surface area contributed by atoms with E-state index >= 15 is 0 Å². The maximum atomic E-state index is 11.0. The Kier molecular flexibility index (Phi) is 5.16. The first-order chi connectivity index (χ1) is 13.0. The maximum absolute atomic E-state index is 11.0. The fraction of sp³-hybridized carbons (Fsp3) is 0.500. The summed E-state index contributed by atoms with van der Waals surface area (Å²) in [5, 5.41) is 21.8. The molecule has 2 aliphatic rings. The summed E-state index contributed by atoms with van der Waals surface area (Å²) in [6.45, 7) is 2.51. The number of hydrogen-bond donors (Lipinski definition) is 2. The third-order valence-electron chi connectivity index (χ3n) is 5.58. The van der Waals surface area contributed by atoms with E-state index < -0.39 is 12.1 Å². The van der Waals surface area contributed by atoms with Crippen LogP contribution in [0.3, 0.4) is 0 Å². The Morgan fingerprint density at radius 2 is 2.11 bits per heavy atom. The second-order valence-electron chi connectivity index (χ2n) is 7.37. The molecule has 0 bridgehead atoms. The SMILES string of the molecule is Cc1ccc(OCC2[C@H](O)C[C@@H]3OC(c4nc(C(=O)O)cs4)CC[C@H]23)cc1.